The molecule has 1 heteroatoms. The van der Waals surface area contributed by atoms with Crippen LogP contribution >= 0.6 is 0 Å². The van der Waals surface area contributed by atoms with Crippen molar-refractivity contribution in [2.24, 2.45) is 5.92 Å². The Kier molecular flexibility index (Phi) is 4.11. The van der Waals surface area contributed by atoms with Crippen molar-refractivity contribution < 1.29 is 4.79 Å². The zero-order valence-corrected chi connectivity index (χ0v) is 8.73. The van der Waals surface area contributed by atoms with E-state index in [-0.39, 0.29) is 5.78 Å². The van der Waals surface area contributed by atoms with Crippen LogP contribution in [-0.2, 0) is 4.79 Å². The highest BCUT2D eigenvalue weighted by Gasteiger charge is 1.99. The van der Waals surface area contributed by atoms with Gasteiger partial charge in [-0.25, -0.2) is 0 Å². The molecular weight excluding hydrogens is 172 g/mol. The van der Waals surface area contributed by atoms with Gasteiger partial charge in [0.2, 0.25) is 0 Å². The smallest absolute Gasteiger partial charge is 0.155 e. The summed E-state index contributed by atoms with van der Waals surface area (Å²) in [4.78, 5) is 11.3. The number of benzene rings is 1. The van der Waals surface area contributed by atoms with Gasteiger partial charge in [-0.1, -0.05) is 50.3 Å². The van der Waals surface area contributed by atoms with Gasteiger partial charge in [-0.05, 0) is 17.6 Å². The van der Waals surface area contributed by atoms with Crippen molar-refractivity contribution in [2.75, 3.05) is 0 Å². The van der Waals surface area contributed by atoms with E-state index in [0.717, 1.165) is 5.56 Å². The number of allylic oxidation sites excluding steroid dienone is 1. The monoisotopic (exact) mass is 188 g/mol. The largest absolute Gasteiger partial charge is 0.295 e. The van der Waals surface area contributed by atoms with Gasteiger partial charge >= 0.3 is 0 Å². The third-order valence-corrected chi connectivity index (χ3v) is 1.87. The topological polar surface area (TPSA) is 17.1 Å². The molecule has 0 radical (unpaired) electrons. The summed E-state index contributed by atoms with van der Waals surface area (Å²) in [5, 5.41) is 0. The van der Waals surface area contributed by atoms with Crippen molar-refractivity contribution in [3.63, 3.8) is 0 Å². The van der Waals surface area contributed by atoms with E-state index in [1.807, 2.05) is 50.3 Å². The predicted octanol–water partition coefficient (Wildman–Crippen LogP) is 3.32. The second kappa shape index (κ2) is 5.38. The van der Waals surface area contributed by atoms with Crippen LogP contribution in [0, 0.1) is 5.92 Å². The van der Waals surface area contributed by atoms with Gasteiger partial charge in [0.05, 0.1) is 0 Å². The lowest BCUT2D eigenvalue weighted by molar-refractivity contribution is -0.115. The number of hydrogen-bond donors (Lipinski definition) is 0. The summed E-state index contributed by atoms with van der Waals surface area (Å²) >= 11 is 0. The van der Waals surface area contributed by atoms with Gasteiger partial charge in [-0.3, -0.25) is 4.79 Å². The molecule has 0 unspecified atom stereocenters. The molecule has 0 bridgehead atoms. The summed E-state index contributed by atoms with van der Waals surface area (Å²) in [6.45, 7) is 4.10. The molecule has 14 heavy (non-hydrogen) atoms. The molecule has 0 amide bonds. The van der Waals surface area contributed by atoms with Crippen LogP contribution in [0.2, 0.25) is 0 Å². The highest BCUT2D eigenvalue weighted by molar-refractivity contribution is 5.93. The van der Waals surface area contributed by atoms with Crippen molar-refractivity contribution in [1.29, 1.82) is 0 Å². The van der Waals surface area contributed by atoms with E-state index in [2.05, 4.69) is 0 Å². The molecule has 1 rings (SSSR count). The van der Waals surface area contributed by atoms with E-state index in [4.69, 9.17) is 0 Å². The van der Waals surface area contributed by atoms with E-state index in [0.29, 0.717) is 12.3 Å². The standard InChI is InChI=1S/C13H16O/c1-11(2)10-13(14)9-8-12-6-4-3-5-7-12/h3-9,11H,10H2,1-2H3/b9-8-. The fourth-order valence-corrected chi connectivity index (χ4v) is 1.22. The highest BCUT2D eigenvalue weighted by Crippen LogP contribution is 2.04. The maximum Gasteiger partial charge on any atom is 0.155 e. The average molecular weight is 188 g/mol. The fraction of sp³-hybridized carbons (Fsp3) is 0.308. The van der Waals surface area contributed by atoms with Crippen LogP contribution in [0.15, 0.2) is 36.4 Å². The minimum atomic E-state index is 0.198. The quantitative estimate of drug-likeness (QED) is 0.662. The van der Waals surface area contributed by atoms with E-state index in [9.17, 15) is 4.79 Å². The SMILES string of the molecule is CC(C)CC(=O)/C=C\c1ccccc1. The molecule has 74 valence electrons. The van der Waals surface area contributed by atoms with E-state index >= 15 is 0 Å². The molecule has 0 saturated carbocycles. The first kappa shape index (κ1) is 10.7. The molecule has 0 atom stereocenters. The van der Waals surface area contributed by atoms with Gasteiger partial charge in [0, 0.05) is 6.42 Å². The number of carbonyl (C=O) groups is 1. The second-order valence-electron chi connectivity index (χ2n) is 3.81. The molecule has 0 aromatic heterocycles. The molecule has 0 heterocycles. The summed E-state index contributed by atoms with van der Waals surface area (Å²) in [6, 6.07) is 9.87. The second-order valence-corrected chi connectivity index (χ2v) is 3.81. The van der Waals surface area contributed by atoms with Gasteiger partial charge < -0.3 is 0 Å². The minimum Gasteiger partial charge on any atom is -0.295 e. The Balaban J connectivity index is 2.52. The van der Waals surface area contributed by atoms with Gasteiger partial charge in [-0.2, -0.15) is 0 Å². The van der Waals surface area contributed by atoms with E-state index in [1.54, 1.807) is 6.08 Å². The number of carbonyl (C=O) groups excluding carboxylic acids is 1. The highest BCUT2D eigenvalue weighted by atomic mass is 16.1. The van der Waals surface area contributed by atoms with Crippen LogP contribution in [0.5, 0.6) is 0 Å². The molecule has 0 N–H and O–H groups in total. The maximum atomic E-state index is 11.3. The molecular formula is C13H16O. The van der Waals surface area contributed by atoms with Crippen molar-refractivity contribution in [3.8, 4) is 0 Å². The van der Waals surface area contributed by atoms with Crippen LogP contribution in [0.25, 0.3) is 6.08 Å². The molecule has 0 spiro atoms. The average Bonchev–Trinajstić information content (AvgIpc) is 2.15. The van der Waals surface area contributed by atoms with Crippen molar-refractivity contribution in [1.82, 2.24) is 0 Å². The van der Waals surface area contributed by atoms with Crippen LogP contribution in [0.1, 0.15) is 25.8 Å². The Bertz CT molecular complexity index is 309. The van der Waals surface area contributed by atoms with Crippen LogP contribution < -0.4 is 0 Å². The van der Waals surface area contributed by atoms with E-state index < -0.39 is 0 Å². The first-order valence-corrected chi connectivity index (χ1v) is 4.94. The summed E-state index contributed by atoms with van der Waals surface area (Å²) in [5.41, 5.74) is 1.07. The number of ketones is 1. The molecule has 1 nitrogen and oxygen atoms in total. The summed E-state index contributed by atoms with van der Waals surface area (Å²) in [5.74, 6) is 0.631. The van der Waals surface area contributed by atoms with Crippen LogP contribution in [0.3, 0.4) is 0 Å². The van der Waals surface area contributed by atoms with Crippen molar-refractivity contribution in [3.05, 3.63) is 42.0 Å². The Morgan fingerprint density at radius 3 is 2.50 bits per heavy atom. The van der Waals surface area contributed by atoms with Gasteiger partial charge in [0.15, 0.2) is 5.78 Å². The zero-order valence-electron chi connectivity index (χ0n) is 8.73. The molecule has 0 aliphatic rings. The van der Waals surface area contributed by atoms with Crippen LogP contribution in [-0.4, -0.2) is 5.78 Å². The predicted molar refractivity (Wildman–Crippen MR) is 59.9 cm³/mol. The van der Waals surface area contributed by atoms with Gasteiger partial charge in [0.25, 0.3) is 0 Å². The van der Waals surface area contributed by atoms with Gasteiger partial charge in [-0.15, -0.1) is 0 Å². The zero-order chi connectivity index (χ0) is 10.4. The third kappa shape index (κ3) is 4.04. The molecule has 0 aliphatic carbocycles. The number of hydrogen-bond acceptors (Lipinski definition) is 1. The molecule has 0 saturated heterocycles. The Hall–Kier alpha value is -1.37. The van der Waals surface area contributed by atoms with Crippen LogP contribution in [0.4, 0.5) is 0 Å². The maximum absolute atomic E-state index is 11.3. The first-order valence-electron chi connectivity index (χ1n) is 4.94. The third-order valence-electron chi connectivity index (χ3n) is 1.87. The molecule has 0 aliphatic heterocycles. The Labute approximate surface area is 85.5 Å². The molecule has 1 aromatic rings. The normalized spacial score (nSPS) is 11.1. The molecule has 0 fully saturated rings. The van der Waals surface area contributed by atoms with Crippen molar-refractivity contribution >= 4 is 11.9 Å². The summed E-state index contributed by atoms with van der Waals surface area (Å²) < 4.78 is 0. The van der Waals surface area contributed by atoms with Gasteiger partial charge in [0.1, 0.15) is 0 Å². The lowest BCUT2D eigenvalue weighted by Crippen LogP contribution is -1.98. The summed E-state index contributed by atoms with van der Waals surface area (Å²) in [7, 11) is 0. The lowest BCUT2D eigenvalue weighted by Gasteiger charge is -1.98. The molecule has 1 aromatic carbocycles. The first-order chi connectivity index (χ1) is 6.68. The lowest BCUT2D eigenvalue weighted by atomic mass is 10.1. The number of rotatable bonds is 4. The van der Waals surface area contributed by atoms with E-state index in [1.165, 1.54) is 0 Å². The Morgan fingerprint density at radius 1 is 1.29 bits per heavy atom. The minimum absolute atomic E-state index is 0.198. The Morgan fingerprint density at radius 2 is 1.93 bits per heavy atom. The fourth-order valence-electron chi connectivity index (χ4n) is 1.22. The summed E-state index contributed by atoms with van der Waals surface area (Å²) in [6.07, 6.45) is 4.16. The van der Waals surface area contributed by atoms with Crippen molar-refractivity contribution in [2.45, 2.75) is 20.3 Å².